The first-order valence-electron chi connectivity index (χ1n) is 7.22. The highest BCUT2D eigenvalue weighted by atomic mass is 16.5. The molecule has 2 aromatic rings. The number of ether oxygens (including phenoxy) is 1. The Balaban J connectivity index is 2.26. The first-order chi connectivity index (χ1) is 10.5. The molecule has 0 heterocycles. The van der Waals surface area contributed by atoms with Crippen LogP contribution in [0.1, 0.15) is 29.5 Å². The number of benzene rings is 2. The first-order valence-corrected chi connectivity index (χ1v) is 7.22. The zero-order valence-corrected chi connectivity index (χ0v) is 12.7. The van der Waals surface area contributed by atoms with E-state index in [0.29, 0.717) is 12.2 Å². The molecule has 0 saturated carbocycles. The number of phenols is 1. The highest BCUT2D eigenvalue weighted by Gasteiger charge is 2.21. The SMILES string of the molecule is CCc1ccc(C(Cc2ccc(O)c(OC)c2)C(=O)O)cc1. The largest absolute Gasteiger partial charge is 0.504 e. The topological polar surface area (TPSA) is 66.8 Å². The van der Waals surface area contributed by atoms with Gasteiger partial charge >= 0.3 is 5.97 Å². The minimum Gasteiger partial charge on any atom is -0.504 e. The second-order valence-corrected chi connectivity index (χ2v) is 5.20. The normalized spacial score (nSPS) is 11.9. The van der Waals surface area contributed by atoms with Gasteiger partial charge in [-0.05, 0) is 41.7 Å². The summed E-state index contributed by atoms with van der Waals surface area (Å²) < 4.78 is 5.07. The number of carboxylic acid groups (broad SMARTS) is 1. The van der Waals surface area contributed by atoms with Gasteiger partial charge in [0.2, 0.25) is 0 Å². The van der Waals surface area contributed by atoms with E-state index in [0.717, 1.165) is 17.5 Å². The molecule has 0 bridgehead atoms. The maximum atomic E-state index is 11.6. The van der Waals surface area contributed by atoms with Gasteiger partial charge in [0, 0.05) is 0 Å². The summed E-state index contributed by atoms with van der Waals surface area (Å²) in [5.74, 6) is -1.09. The summed E-state index contributed by atoms with van der Waals surface area (Å²) in [7, 11) is 1.47. The number of phenolic OH excluding ortho intramolecular Hbond substituents is 1. The summed E-state index contributed by atoms with van der Waals surface area (Å²) in [5, 5.41) is 19.1. The Morgan fingerprint density at radius 1 is 1.14 bits per heavy atom. The number of methoxy groups -OCH3 is 1. The molecule has 116 valence electrons. The Morgan fingerprint density at radius 2 is 1.77 bits per heavy atom. The van der Waals surface area contributed by atoms with E-state index in [-0.39, 0.29) is 5.75 Å². The van der Waals surface area contributed by atoms with Gasteiger partial charge in [-0.1, -0.05) is 37.3 Å². The van der Waals surface area contributed by atoms with Crippen molar-refractivity contribution < 1.29 is 19.7 Å². The molecule has 0 aliphatic carbocycles. The number of carboxylic acids is 1. The molecular weight excluding hydrogens is 280 g/mol. The molecule has 0 fully saturated rings. The standard InChI is InChI=1S/C18H20O4/c1-3-12-4-7-14(8-5-12)15(18(20)21)10-13-6-9-16(19)17(11-13)22-2/h4-9,11,15,19H,3,10H2,1-2H3,(H,20,21). The Bertz CT molecular complexity index is 647. The lowest BCUT2D eigenvalue weighted by atomic mass is 9.91. The third-order valence-electron chi connectivity index (χ3n) is 3.77. The van der Waals surface area contributed by atoms with Crippen molar-refractivity contribution >= 4 is 5.97 Å². The van der Waals surface area contributed by atoms with Crippen molar-refractivity contribution in [3.8, 4) is 11.5 Å². The van der Waals surface area contributed by atoms with E-state index in [4.69, 9.17) is 4.74 Å². The van der Waals surface area contributed by atoms with Crippen LogP contribution < -0.4 is 4.74 Å². The van der Waals surface area contributed by atoms with Gasteiger partial charge in [-0.3, -0.25) is 4.79 Å². The molecule has 0 aliphatic heterocycles. The fourth-order valence-electron chi connectivity index (χ4n) is 2.42. The van der Waals surface area contributed by atoms with Crippen molar-refractivity contribution in [1.82, 2.24) is 0 Å². The number of carbonyl (C=O) groups is 1. The molecule has 0 aliphatic rings. The predicted octanol–water partition coefficient (Wildman–Crippen LogP) is 3.37. The summed E-state index contributed by atoms with van der Waals surface area (Å²) in [6.07, 6.45) is 1.27. The summed E-state index contributed by atoms with van der Waals surface area (Å²) in [6, 6.07) is 12.6. The number of hydrogen-bond acceptors (Lipinski definition) is 3. The fraction of sp³-hybridized carbons (Fsp3) is 0.278. The van der Waals surface area contributed by atoms with Gasteiger partial charge in [0.15, 0.2) is 11.5 Å². The van der Waals surface area contributed by atoms with Crippen LogP contribution in [0.25, 0.3) is 0 Å². The molecule has 0 radical (unpaired) electrons. The lowest BCUT2D eigenvalue weighted by Crippen LogP contribution is -2.14. The predicted molar refractivity (Wildman–Crippen MR) is 84.6 cm³/mol. The third-order valence-corrected chi connectivity index (χ3v) is 3.77. The monoisotopic (exact) mass is 300 g/mol. The van der Waals surface area contributed by atoms with Crippen LogP contribution in [-0.2, 0) is 17.6 Å². The zero-order valence-electron chi connectivity index (χ0n) is 12.7. The Kier molecular flexibility index (Phi) is 5.04. The van der Waals surface area contributed by atoms with E-state index in [1.807, 2.05) is 24.3 Å². The van der Waals surface area contributed by atoms with Crippen LogP contribution in [-0.4, -0.2) is 23.3 Å². The van der Waals surface area contributed by atoms with Crippen LogP contribution in [0.3, 0.4) is 0 Å². The number of aliphatic carboxylic acids is 1. The number of aromatic hydroxyl groups is 1. The molecule has 22 heavy (non-hydrogen) atoms. The molecule has 1 atom stereocenters. The minimum atomic E-state index is -0.865. The van der Waals surface area contributed by atoms with Gasteiger partial charge in [0.05, 0.1) is 13.0 Å². The molecule has 0 amide bonds. The van der Waals surface area contributed by atoms with Crippen molar-refractivity contribution in [2.24, 2.45) is 0 Å². The average Bonchev–Trinajstić information content (AvgIpc) is 2.54. The Labute approximate surface area is 130 Å². The number of hydrogen-bond donors (Lipinski definition) is 2. The molecule has 2 N–H and O–H groups in total. The lowest BCUT2D eigenvalue weighted by molar-refractivity contribution is -0.138. The van der Waals surface area contributed by atoms with Crippen molar-refractivity contribution in [1.29, 1.82) is 0 Å². The lowest BCUT2D eigenvalue weighted by Gasteiger charge is -2.14. The molecule has 4 nitrogen and oxygen atoms in total. The van der Waals surface area contributed by atoms with Crippen LogP contribution in [0.15, 0.2) is 42.5 Å². The second kappa shape index (κ2) is 6.98. The van der Waals surface area contributed by atoms with Gasteiger partial charge in [-0.2, -0.15) is 0 Å². The molecule has 0 spiro atoms. The van der Waals surface area contributed by atoms with Crippen molar-refractivity contribution in [3.05, 3.63) is 59.2 Å². The van der Waals surface area contributed by atoms with Crippen LogP contribution in [0.4, 0.5) is 0 Å². The molecule has 2 rings (SSSR count). The third kappa shape index (κ3) is 3.58. The maximum absolute atomic E-state index is 11.6. The molecule has 4 heteroatoms. The molecule has 0 saturated heterocycles. The average molecular weight is 300 g/mol. The quantitative estimate of drug-likeness (QED) is 0.858. The minimum absolute atomic E-state index is 0.0467. The van der Waals surface area contributed by atoms with E-state index >= 15 is 0 Å². The highest BCUT2D eigenvalue weighted by molar-refractivity contribution is 5.76. The van der Waals surface area contributed by atoms with Crippen molar-refractivity contribution in [2.45, 2.75) is 25.7 Å². The van der Waals surface area contributed by atoms with Gasteiger partial charge in [0.1, 0.15) is 0 Å². The summed E-state index contributed by atoms with van der Waals surface area (Å²) >= 11 is 0. The summed E-state index contributed by atoms with van der Waals surface area (Å²) in [5.41, 5.74) is 2.76. The number of rotatable bonds is 6. The fourth-order valence-corrected chi connectivity index (χ4v) is 2.42. The summed E-state index contributed by atoms with van der Waals surface area (Å²) in [4.78, 5) is 11.6. The van der Waals surface area contributed by atoms with Crippen LogP contribution in [0, 0.1) is 0 Å². The van der Waals surface area contributed by atoms with Crippen molar-refractivity contribution in [3.63, 3.8) is 0 Å². The molecular formula is C18H20O4. The van der Waals surface area contributed by atoms with E-state index in [9.17, 15) is 15.0 Å². The van der Waals surface area contributed by atoms with E-state index in [1.165, 1.54) is 18.7 Å². The van der Waals surface area contributed by atoms with Crippen LogP contribution in [0.2, 0.25) is 0 Å². The van der Waals surface area contributed by atoms with E-state index in [1.54, 1.807) is 12.1 Å². The van der Waals surface area contributed by atoms with Crippen LogP contribution in [0.5, 0.6) is 11.5 Å². The second-order valence-electron chi connectivity index (χ2n) is 5.20. The molecule has 0 aromatic heterocycles. The molecule has 2 aromatic carbocycles. The Morgan fingerprint density at radius 3 is 2.32 bits per heavy atom. The zero-order chi connectivity index (χ0) is 16.1. The first kappa shape index (κ1) is 15.9. The maximum Gasteiger partial charge on any atom is 0.311 e. The van der Waals surface area contributed by atoms with Crippen molar-refractivity contribution in [2.75, 3.05) is 7.11 Å². The molecule has 1 unspecified atom stereocenters. The Hall–Kier alpha value is -2.49. The summed E-state index contributed by atoms with van der Waals surface area (Å²) in [6.45, 7) is 2.06. The smallest absolute Gasteiger partial charge is 0.311 e. The van der Waals surface area contributed by atoms with E-state index in [2.05, 4.69) is 6.92 Å². The highest BCUT2D eigenvalue weighted by Crippen LogP contribution is 2.29. The van der Waals surface area contributed by atoms with Gasteiger partial charge in [-0.15, -0.1) is 0 Å². The van der Waals surface area contributed by atoms with E-state index < -0.39 is 11.9 Å². The van der Waals surface area contributed by atoms with Crippen LogP contribution >= 0.6 is 0 Å². The number of aryl methyl sites for hydroxylation is 1. The van der Waals surface area contributed by atoms with Gasteiger partial charge in [-0.25, -0.2) is 0 Å². The van der Waals surface area contributed by atoms with Gasteiger partial charge < -0.3 is 14.9 Å². The van der Waals surface area contributed by atoms with Gasteiger partial charge in [0.25, 0.3) is 0 Å².